The third-order valence-corrected chi connectivity index (χ3v) is 3.42. The smallest absolute Gasteiger partial charge is 0.336 e. The fourth-order valence-corrected chi connectivity index (χ4v) is 2.30. The van der Waals surface area contributed by atoms with Crippen molar-refractivity contribution in [1.82, 2.24) is 15.2 Å². The predicted octanol–water partition coefficient (Wildman–Crippen LogP) is 0.892. The average Bonchev–Trinajstić information content (AvgIpc) is 2.79. The van der Waals surface area contributed by atoms with Crippen molar-refractivity contribution >= 4 is 16.0 Å². The Morgan fingerprint density at radius 2 is 2.11 bits per heavy atom. The van der Waals surface area contributed by atoms with Gasteiger partial charge in [-0.2, -0.15) is 4.98 Å². The van der Waals surface area contributed by atoms with E-state index in [2.05, 4.69) is 19.9 Å². The highest BCUT2D eigenvalue weighted by Crippen LogP contribution is 2.18. The van der Waals surface area contributed by atoms with Gasteiger partial charge in [0.15, 0.2) is 0 Å². The van der Waals surface area contributed by atoms with Gasteiger partial charge in [-0.1, -0.05) is 0 Å². The molecule has 0 saturated carbocycles. The summed E-state index contributed by atoms with van der Waals surface area (Å²) in [5.74, 6) is -2.24. The maximum Gasteiger partial charge on any atom is 0.336 e. The first-order valence-electron chi connectivity index (χ1n) is 4.86. The number of anilines is 1. The van der Waals surface area contributed by atoms with Crippen molar-refractivity contribution in [3.63, 3.8) is 0 Å². The van der Waals surface area contributed by atoms with Gasteiger partial charge >= 0.3 is 6.01 Å². The van der Waals surface area contributed by atoms with E-state index in [4.69, 9.17) is 0 Å². The molecule has 7 nitrogen and oxygen atoms in total. The Hall–Kier alpha value is -2.23. The molecule has 19 heavy (non-hydrogen) atoms. The molecule has 0 amide bonds. The minimum Gasteiger partial charge on any atom is -0.466 e. The summed E-state index contributed by atoms with van der Waals surface area (Å²) in [6.45, 7) is 0. The van der Waals surface area contributed by atoms with Crippen LogP contribution in [0, 0.1) is 11.6 Å². The van der Waals surface area contributed by atoms with Crippen LogP contribution in [0.5, 0.6) is 6.01 Å². The Morgan fingerprint density at radius 3 is 2.74 bits per heavy atom. The van der Waals surface area contributed by atoms with E-state index in [1.54, 1.807) is 0 Å². The van der Waals surface area contributed by atoms with Crippen molar-refractivity contribution in [3.8, 4) is 6.01 Å². The Bertz CT molecular complexity index is 701. The molecule has 0 radical (unpaired) electrons. The first kappa shape index (κ1) is 13.2. The topological polar surface area (TPSA) is 97.0 Å². The number of benzene rings is 1. The van der Waals surface area contributed by atoms with E-state index in [0.29, 0.717) is 12.1 Å². The number of hydrogen-bond donors (Lipinski definition) is 2. The molecule has 0 bridgehead atoms. The summed E-state index contributed by atoms with van der Waals surface area (Å²) in [6, 6.07) is 1.99. The third kappa shape index (κ3) is 2.78. The number of methoxy groups -OCH3 is 1. The quantitative estimate of drug-likeness (QED) is 0.871. The van der Waals surface area contributed by atoms with Crippen molar-refractivity contribution in [1.29, 1.82) is 0 Å². The van der Waals surface area contributed by atoms with Crippen molar-refractivity contribution in [2.75, 3.05) is 11.8 Å². The Morgan fingerprint density at radius 1 is 1.37 bits per heavy atom. The number of nitrogens with zero attached hydrogens (tertiary/aromatic N) is 2. The largest absolute Gasteiger partial charge is 0.466 e. The first-order chi connectivity index (χ1) is 8.92. The summed E-state index contributed by atoms with van der Waals surface area (Å²) in [5, 5.41) is 5.72. The molecule has 1 heterocycles. The molecule has 0 aliphatic heterocycles. The fourth-order valence-electron chi connectivity index (χ4n) is 1.25. The van der Waals surface area contributed by atoms with Gasteiger partial charge in [0.05, 0.1) is 7.11 Å². The molecule has 0 aliphatic rings. The third-order valence-electron chi connectivity index (χ3n) is 2.06. The minimum atomic E-state index is -4.32. The minimum absolute atomic E-state index is 0.0996. The van der Waals surface area contributed by atoms with Crippen LogP contribution >= 0.6 is 0 Å². The Balaban J connectivity index is 2.34. The van der Waals surface area contributed by atoms with Gasteiger partial charge in [-0.05, 0) is 18.2 Å². The Labute approximate surface area is 106 Å². The van der Waals surface area contributed by atoms with Gasteiger partial charge in [-0.15, -0.1) is 5.10 Å². The number of H-pyrrole nitrogens is 1. The van der Waals surface area contributed by atoms with Crippen LogP contribution in [0.2, 0.25) is 0 Å². The molecule has 2 N–H and O–H groups in total. The number of aromatic amines is 1. The lowest BCUT2D eigenvalue weighted by atomic mass is 10.3. The number of halogens is 2. The van der Waals surface area contributed by atoms with Crippen molar-refractivity contribution in [2.45, 2.75) is 4.90 Å². The number of ether oxygens (including phenoxy) is 1. The van der Waals surface area contributed by atoms with Gasteiger partial charge < -0.3 is 4.74 Å². The van der Waals surface area contributed by atoms with Crippen LogP contribution in [0.1, 0.15) is 0 Å². The second-order valence-electron chi connectivity index (χ2n) is 3.35. The number of nitrogens with one attached hydrogen (secondary N) is 2. The molecule has 2 rings (SSSR count). The van der Waals surface area contributed by atoms with Crippen LogP contribution in [0.25, 0.3) is 0 Å². The van der Waals surface area contributed by atoms with E-state index in [-0.39, 0.29) is 12.0 Å². The fraction of sp³-hybridized carbons (Fsp3) is 0.111. The number of rotatable bonds is 4. The van der Waals surface area contributed by atoms with E-state index >= 15 is 0 Å². The predicted molar refractivity (Wildman–Crippen MR) is 60.1 cm³/mol. The van der Waals surface area contributed by atoms with Crippen LogP contribution < -0.4 is 9.46 Å². The normalized spacial score (nSPS) is 11.3. The lowest BCUT2D eigenvalue weighted by Crippen LogP contribution is -2.15. The van der Waals surface area contributed by atoms with Crippen molar-refractivity contribution in [3.05, 3.63) is 29.8 Å². The van der Waals surface area contributed by atoms with E-state index in [1.807, 2.05) is 4.72 Å². The van der Waals surface area contributed by atoms with E-state index in [1.165, 1.54) is 7.11 Å². The summed E-state index contributed by atoms with van der Waals surface area (Å²) < 4.78 is 56.5. The van der Waals surface area contributed by atoms with Crippen molar-refractivity contribution in [2.24, 2.45) is 0 Å². The molecule has 10 heteroatoms. The molecular formula is C9H8F2N4O3S. The van der Waals surface area contributed by atoms with Gasteiger partial charge in [0.25, 0.3) is 10.0 Å². The highest BCUT2D eigenvalue weighted by Gasteiger charge is 2.21. The zero-order valence-corrected chi connectivity index (χ0v) is 10.3. The van der Waals surface area contributed by atoms with Gasteiger partial charge in [-0.3, -0.25) is 0 Å². The summed E-state index contributed by atoms with van der Waals surface area (Å²) in [7, 11) is -3.03. The molecule has 0 fully saturated rings. The molecule has 102 valence electrons. The van der Waals surface area contributed by atoms with Crippen LogP contribution in [-0.2, 0) is 10.0 Å². The second kappa shape index (κ2) is 4.80. The molecule has 1 aromatic carbocycles. The maximum absolute atomic E-state index is 13.4. The lowest BCUT2D eigenvalue weighted by molar-refractivity contribution is 0.382. The van der Waals surface area contributed by atoms with Gasteiger partial charge in [0.2, 0.25) is 5.95 Å². The summed E-state index contributed by atoms with van der Waals surface area (Å²) in [4.78, 5) is 2.77. The molecule has 0 unspecified atom stereocenters. The molecule has 0 atom stereocenters. The second-order valence-corrected chi connectivity index (χ2v) is 5.00. The molecule has 0 aliphatic carbocycles. The standard InChI is InChI=1S/C9H8F2N4O3S/c1-18-9-12-8(13-14-9)15-19(16,17)7-4-5(10)2-3-6(7)11/h2-4H,1H3,(H2,12,13,14,15). The number of aromatic nitrogens is 3. The van der Waals surface area contributed by atoms with E-state index < -0.39 is 26.6 Å². The summed E-state index contributed by atoms with van der Waals surface area (Å²) in [5.41, 5.74) is 0. The monoisotopic (exact) mass is 290 g/mol. The number of sulfonamides is 1. The molecule has 0 saturated heterocycles. The summed E-state index contributed by atoms with van der Waals surface area (Å²) in [6.07, 6.45) is 0. The number of hydrogen-bond acceptors (Lipinski definition) is 5. The van der Waals surface area contributed by atoms with Gasteiger partial charge in [-0.25, -0.2) is 27.0 Å². The highest BCUT2D eigenvalue weighted by molar-refractivity contribution is 7.92. The van der Waals surface area contributed by atoms with Crippen LogP contribution in [0.3, 0.4) is 0 Å². The van der Waals surface area contributed by atoms with Crippen LogP contribution in [-0.4, -0.2) is 30.7 Å². The maximum atomic E-state index is 13.4. The molecule has 0 spiro atoms. The zero-order valence-electron chi connectivity index (χ0n) is 9.52. The molecular weight excluding hydrogens is 282 g/mol. The van der Waals surface area contributed by atoms with E-state index in [9.17, 15) is 17.2 Å². The van der Waals surface area contributed by atoms with Crippen LogP contribution in [0.15, 0.2) is 23.1 Å². The van der Waals surface area contributed by atoms with Gasteiger partial charge in [0.1, 0.15) is 16.5 Å². The molecule has 1 aromatic heterocycles. The SMILES string of the molecule is COc1n[nH]c(NS(=O)(=O)c2cc(F)ccc2F)n1. The van der Waals surface area contributed by atoms with Crippen molar-refractivity contribution < 1.29 is 21.9 Å². The molecule has 2 aromatic rings. The van der Waals surface area contributed by atoms with Gasteiger partial charge in [0, 0.05) is 0 Å². The van der Waals surface area contributed by atoms with E-state index in [0.717, 1.165) is 6.07 Å². The average molecular weight is 290 g/mol. The Kier molecular flexibility index (Phi) is 3.34. The van der Waals surface area contributed by atoms with Crippen LogP contribution in [0.4, 0.5) is 14.7 Å². The highest BCUT2D eigenvalue weighted by atomic mass is 32.2. The lowest BCUT2D eigenvalue weighted by Gasteiger charge is -2.05. The summed E-state index contributed by atoms with van der Waals surface area (Å²) >= 11 is 0. The first-order valence-corrected chi connectivity index (χ1v) is 6.35. The zero-order chi connectivity index (χ0) is 14.0.